The smallest absolute Gasteiger partial charge is 0.387 e. The molecule has 0 aliphatic rings. The van der Waals surface area contributed by atoms with Crippen molar-refractivity contribution in [1.29, 1.82) is 0 Å². The second kappa shape index (κ2) is 8.17. The van der Waals surface area contributed by atoms with Gasteiger partial charge in [-0.25, -0.2) is 0 Å². The van der Waals surface area contributed by atoms with Crippen LogP contribution in [0.25, 0.3) is 0 Å². The summed E-state index contributed by atoms with van der Waals surface area (Å²) in [7, 11) is 0. The number of hydrogen-bond donors (Lipinski definition) is 2. The summed E-state index contributed by atoms with van der Waals surface area (Å²) in [5, 5.41) is 12.7. The maximum absolute atomic E-state index is 12.3. The predicted octanol–water partition coefficient (Wildman–Crippen LogP) is 3.18. The van der Waals surface area contributed by atoms with Crippen molar-refractivity contribution < 1.29 is 18.6 Å². The predicted molar refractivity (Wildman–Crippen MR) is 74.9 cm³/mol. The van der Waals surface area contributed by atoms with Crippen molar-refractivity contribution in [2.24, 2.45) is 5.41 Å². The zero-order valence-corrected chi connectivity index (χ0v) is 12.0. The molecular weight excluding hydrogens is 264 g/mol. The fraction of sp³-hybridized carbons (Fsp3) is 0.600. The molecule has 0 fully saturated rings. The van der Waals surface area contributed by atoms with Gasteiger partial charge >= 0.3 is 6.61 Å². The third-order valence-corrected chi connectivity index (χ3v) is 3.84. The van der Waals surface area contributed by atoms with Crippen LogP contribution in [-0.4, -0.2) is 24.9 Å². The maximum Gasteiger partial charge on any atom is 0.387 e. The molecule has 1 aromatic rings. The number of benzene rings is 1. The average molecular weight is 287 g/mol. The summed E-state index contributed by atoms with van der Waals surface area (Å²) < 4.78 is 29.1. The third kappa shape index (κ3) is 4.72. The fourth-order valence-corrected chi connectivity index (χ4v) is 2.10. The highest BCUT2D eigenvalue weighted by Crippen LogP contribution is 2.25. The van der Waals surface area contributed by atoms with Gasteiger partial charge in [0.1, 0.15) is 5.75 Å². The van der Waals surface area contributed by atoms with Crippen LogP contribution in [-0.2, 0) is 6.54 Å². The molecule has 0 unspecified atom stereocenters. The second-order valence-corrected chi connectivity index (χ2v) is 4.96. The number of para-hydroxylation sites is 1. The Labute approximate surface area is 119 Å². The van der Waals surface area contributed by atoms with Crippen LogP contribution in [0.2, 0.25) is 0 Å². The van der Waals surface area contributed by atoms with E-state index in [4.69, 9.17) is 0 Å². The molecule has 0 aliphatic heterocycles. The van der Waals surface area contributed by atoms with Gasteiger partial charge in [0.05, 0.1) is 0 Å². The molecule has 1 aromatic carbocycles. The van der Waals surface area contributed by atoms with E-state index >= 15 is 0 Å². The SMILES string of the molecule is CCC(CC)(CO)CNCc1ccccc1OC(F)F. The van der Waals surface area contributed by atoms with Crippen molar-refractivity contribution in [2.45, 2.75) is 39.8 Å². The summed E-state index contributed by atoms with van der Waals surface area (Å²) in [6.07, 6.45) is 1.73. The molecule has 0 heterocycles. The van der Waals surface area contributed by atoms with E-state index in [1.807, 2.05) is 13.8 Å². The second-order valence-electron chi connectivity index (χ2n) is 4.96. The van der Waals surface area contributed by atoms with Crippen LogP contribution in [0.1, 0.15) is 32.3 Å². The summed E-state index contributed by atoms with van der Waals surface area (Å²) in [6.45, 7) is 2.44. The molecule has 0 aliphatic carbocycles. The monoisotopic (exact) mass is 287 g/mol. The van der Waals surface area contributed by atoms with Gasteiger partial charge in [0.25, 0.3) is 0 Å². The van der Waals surface area contributed by atoms with E-state index in [1.54, 1.807) is 18.2 Å². The highest BCUT2D eigenvalue weighted by molar-refractivity contribution is 5.33. The van der Waals surface area contributed by atoms with Gasteiger partial charge in [-0.3, -0.25) is 0 Å². The minimum atomic E-state index is -2.82. The third-order valence-electron chi connectivity index (χ3n) is 3.84. The largest absolute Gasteiger partial charge is 0.434 e. The molecule has 20 heavy (non-hydrogen) atoms. The first-order valence-electron chi connectivity index (χ1n) is 6.91. The van der Waals surface area contributed by atoms with Crippen LogP contribution in [0.3, 0.4) is 0 Å². The van der Waals surface area contributed by atoms with Crippen molar-refractivity contribution in [3.8, 4) is 5.75 Å². The van der Waals surface area contributed by atoms with E-state index in [9.17, 15) is 13.9 Å². The molecule has 0 bridgehead atoms. The number of hydrogen-bond acceptors (Lipinski definition) is 3. The first kappa shape index (κ1) is 16.9. The lowest BCUT2D eigenvalue weighted by Gasteiger charge is -2.29. The molecule has 2 N–H and O–H groups in total. The molecule has 3 nitrogen and oxygen atoms in total. The molecule has 5 heteroatoms. The van der Waals surface area contributed by atoms with Crippen molar-refractivity contribution in [3.05, 3.63) is 29.8 Å². The van der Waals surface area contributed by atoms with E-state index in [0.717, 1.165) is 12.8 Å². The molecule has 0 aromatic heterocycles. The van der Waals surface area contributed by atoms with Crippen LogP contribution >= 0.6 is 0 Å². The first-order valence-corrected chi connectivity index (χ1v) is 6.91. The van der Waals surface area contributed by atoms with E-state index in [2.05, 4.69) is 10.1 Å². The molecule has 0 saturated carbocycles. The highest BCUT2D eigenvalue weighted by atomic mass is 19.3. The van der Waals surface area contributed by atoms with Crippen molar-refractivity contribution in [3.63, 3.8) is 0 Å². The molecule has 0 spiro atoms. The number of aliphatic hydroxyl groups is 1. The van der Waals surface area contributed by atoms with Gasteiger partial charge in [0.15, 0.2) is 0 Å². The number of alkyl halides is 2. The minimum absolute atomic E-state index is 0.113. The average Bonchev–Trinajstić information content (AvgIpc) is 2.45. The lowest BCUT2D eigenvalue weighted by Crippen LogP contribution is -2.36. The zero-order chi connectivity index (χ0) is 15.0. The Morgan fingerprint density at radius 3 is 2.45 bits per heavy atom. The van der Waals surface area contributed by atoms with Crippen LogP contribution in [0, 0.1) is 5.41 Å². The van der Waals surface area contributed by atoms with E-state index < -0.39 is 6.61 Å². The number of halogens is 2. The fourth-order valence-electron chi connectivity index (χ4n) is 2.10. The quantitative estimate of drug-likeness (QED) is 0.733. The van der Waals surface area contributed by atoms with Gasteiger partial charge in [-0.15, -0.1) is 0 Å². The first-order chi connectivity index (χ1) is 9.56. The summed E-state index contributed by atoms with van der Waals surface area (Å²) in [5.41, 5.74) is 0.533. The van der Waals surface area contributed by atoms with Crippen LogP contribution in [0.5, 0.6) is 5.75 Å². The summed E-state index contributed by atoms with van der Waals surface area (Å²) in [6, 6.07) is 6.73. The van der Waals surface area contributed by atoms with Gasteiger partial charge in [-0.1, -0.05) is 32.0 Å². The molecule has 0 saturated heterocycles. The standard InChI is InChI=1S/C15H23F2NO2/c1-3-15(4-2,11-19)10-18-9-12-7-5-6-8-13(12)20-14(16)17/h5-8,14,18-19H,3-4,9-11H2,1-2H3. The van der Waals surface area contributed by atoms with Crippen LogP contribution in [0.4, 0.5) is 8.78 Å². The summed E-state index contributed by atoms with van der Waals surface area (Å²) >= 11 is 0. The highest BCUT2D eigenvalue weighted by Gasteiger charge is 2.24. The Morgan fingerprint density at radius 2 is 1.90 bits per heavy atom. The molecular formula is C15H23F2NO2. The topological polar surface area (TPSA) is 41.5 Å². The summed E-state index contributed by atoms with van der Waals surface area (Å²) in [4.78, 5) is 0. The number of aliphatic hydroxyl groups excluding tert-OH is 1. The van der Waals surface area contributed by atoms with Gasteiger partial charge < -0.3 is 15.2 Å². The lowest BCUT2D eigenvalue weighted by atomic mass is 9.83. The zero-order valence-electron chi connectivity index (χ0n) is 12.0. The normalized spacial score (nSPS) is 11.9. The Morgan fingerprint density at radius 1 is 1.25 bits per heavy atom. The Kier molecular flexibility index (Phi) is 6.88. The Balaban J connectivity index is 2.61. The molecule has 0 atom stereocenters. The van der Waals surface area contributed by atoms with E-state index in [-0.39, 0.29) is 17.8 Å². The van der Waals surface area contributed by atoms with Crippen molar-refractivity contribution >= 4 is 0 Å². The molecule has 0 radical (unpaired) electrons. The minimum Gasteiger partial charge on any atom is -0.434 e. The van der Waals surface area contributed by atoms with E-state index in [1.165, 1.54) is 6.07 Å². The van der Waals surface area contributed by atoms with Crippen LogP contribution < -0.4 is 10.1 Å². The molecule has 1 rings (SSSR count). The number of ether oxygens (including phenoxy) is 1. The van der Waals surface area contributed by atoms with Gasteiger partial charge in [0, 0.05) is 30.7 Å². The lowest BCUT2D eigenvalue weighted by molar-refractivity contribution is -0.0505. The Hall–Kier alpha value is -1.20. The number of nitrogens with one attached hydrogen (secondary N) is 1. The van der Waals surface area contributed by atoms with Gasteiger partial charge in [-0.05, 0) is 18.9 Å². The molecule has 114 valence electrons. The summed E-state index contributed by atoms with van der Waals surface area (Å²) in [5.74, 6) is 0.192. The van der Waals surface area contributed by atoms with Gasteiger partial charge in [-0.2, -0.15) is 8.78 Å². The van der Waals surface area contributed by atoms with Gasteiger partial charge in [0.2, 0.25) is 0 Å². The number of rotatable bonds is 9. The molecule has 0 amide bonds. The van der Waals surface area contributed by atoms with Crippen molar-refractivity contribution in [1.82, 2.24) is 5.32 Å². The van der Waals surface area contributed by atoms with Crippen molar-refractivity contribution in [2.75, 3.05) is 13.2 Å². The van der Waals surface area contributed by atoms with E-state index in [0.29, 0.717) is 18.7 Å². The van der Waals surface area contributed by atoms with Crippen LogP contribution in [0.15, 0.2) is 24.3 Å². The maximum atomic E-state index is 12.3. The Bertz CT molecular complexity index is 387.